The molecule has 7 heteroatoms. The molecular weight excluding hydrogens is 373 g/mol. The van der Waals surface area contributed by atoms with Crippen molar-refractivity contribution in [3.8, 4) is 0 Å². The molecule has 0 bridgehead atoms. The molecule has 1 heterocycles. The van der Waals surface area contributed by atoms with E-state index in [4.69, 9.17) is 0 Å². The molecule has 29 heavy (non-hydrogen) atoms. The number of piperidine rings is 1. The topological polar surface area (TPSA) is 78.5 Å². The van der Waals surface area contributed by atoms with Crippen LogP contribution >= 0.6 is 0 Å². The molecule has 0 saturated carbocycles. The van der Waals surface area contributed by atoms with Crippen LogP contribution in [-0.2, 0) is 9.59 Å². The third kappa shape index (κ3) is 5.19. The first-order valence-electron chi connectivity index (χ1n) is 9.57. The summed E-state index contributed by atoms with van der Waals surface area (Å²) in [7, 11) is 0. The Hall–Kier alpha value is -3.22. The van der Waals surface area contributed by atoms with Crippen LogP contribution in [0.4, 0.5) is 15.8 Å². The minimum absolute atomic E-state index is 0.00937. The molecule has 2 N–H and O–H groups in total. The highest BCUT2D eigenvalue weighted by Crippen LogP contribution is 2.23. The van der Waals surface area contributed by atoms with Gasteiger partial charge in [-0.1, -0.05) is 17.7 Å². The summed E-state index contributed by atoms with van der Waals surface area (Å²) in [4.78, 5) is 38.3. The minimum atomic E-state index is -0.578. The van der Waals surface area contributed by atoms with Crippen molar-refractivity contribution in [2.45, 2.75) is 26.7 Å². The van der Waals surface area contributed by atoms with E-state index in [9.17, 15) is 18.8 Å². The second kappa shape index (κ2) is 8.86. The summed E-state index contributed by atoms with van der Waals surface area (Å²) in [5, 5.41) is 5.16. The van der Waals surface area contributed by atoms with Crippen molar-refractivity contribution in [1.29, 1.82) is 0 Å². The Morgan fingerprint density at radius 2 is 1.79 bits per heavy atom. The molecule has 1 aliphatic heterocycles. The molecule has 0 aromatic heterocycles. The van der Waals surface area contributed by atoms with Gasteiger partial charge in [0, 0.05) is 31.3 Å². The SMILES string of the molecule is CC(=O)Nc1cc(NC(=O)C2CCCN(C(=O)c3ccc(C)cc3)C2)ccc1F. The van der Waals surface area contributed by atoms with Gasteiger partial charge in [-0.15, -0.1) is 0 Å². The van der Waals surface area contributed by atoms with E-state index in [1.54, 1.807) is 17.0 Å². The van der Waals surface area contributed by atoms with Crippen LogP contribution in [0.2, 0.25) is 0 Å². The Labute approximate surface area is 169 Å². The van der Waals surface area contributed by atoms with Crippen molar-refractivity contribution in [2.75, 3.05) is 23.7 Å². The van der Waals surface area contributed by atoms with Crippen LogP contribution in [0.15, 0.2) is 42.5 Å². The molecule has 152 valence electrons. The van der Waals surface area contributed by atoms with E-state index in [1.807, 2.05) is 19.1 Å². The van der Waals surface area contributed by atoms with E-state index in [0.717, 1.165) is 12.0 Å². The summed E-state index contributed by atoms with van der Waals surface area (Å²) in [6.07, 6.45) is 1.40. The molecule has 6 nitrogen and oxygen atoms in total. The van der Waals surface area contributed by atoms with Gasteiger partial charge < -0.3 is 15.5 Å². The highest BCUT2D eigenvalue weighted by molar-refractivity contribution is 5.97. The molecule has 3 amide bonds. The van der Waals surface area contributed by atoms with Crippen LogP contribution in [0.1, 0.15) is 35.7 Å². The monoisotopic (exact) mass is 397 g/mol. The van der Waals surface area contributed by atoms with Gasteiger partial charge in [0.1, 0.15) is 5.82 Å². The summed E-state index contributed by atoms with van der Waals surface area (Å²) < 4.78 is 13.8. The Morgan fingerprint density at radius 1 is 1.07 bits per heavy atom. The third-order valence-corrected chi connectivity index (χ3v) is 4.92. The number of benzene rings is 2. The fourth-order valence-electron chi connectivity index (χ4n) is 3.39. The van der Waals surface area contributed by atoms with Crippen molar-refractivity contribution in [3.63, 3.8) is 0 Å². The first kappa shape index (κ1) is 20.5. The number of amides is 3. The zero-order chi connectivity index (χ0) is 21.0. The van der Waals surface area contributed by atoms with E-state index in [-0.39, 0.29) is 23.4 Å². The number of likely N-dealkylation sites (tertiary alicyclic amines) is 1. The van der Waals surface area contributed by atoms with E-state index in [2.05, 4.69) is 10.6 Å². The largest absolute Gasteiger partial charge is 0.338 e. The van der Waals surface area contributed by atoms with Gasteiger partial charge in [0.15, 0.2) is 0 Å². The number of aryl methyl sites for hydroxylation is 1. The fourth-order valence-corrected chi connectivity index (χ4v) is 3.39. The Balaban J connectivity index is 1.66. The average Bonchev–Trinajstić information content (AvgIpc) is 2.70. The Kier molecular flexibility index (Phi) is 6.26. The van der Waals surface area contributed by atoms with E-state index >= 15 is 0 Å². The normalized spacial score (nSPS) is 16.2. The average molecular weight is 397 g/mol. The maximum atomic E-state index is 13.8. The van der Waals surface area contributed by atoms with Gasteiger partial charge in [0.2, 0.25) is 11.8 Å². The van der Waals surface area contributed by atoms with Crippen LogP contribution in [-0.4, -0.2) is 35.7 Å². The van der Waals surface area contributed by atoms with Gasteiger partial charge in [-0.25, -0.2) is 4.39 Å². The smallest absolute Gasteiger partial charge is 0.253 e. The van der Waals surface area contributed by atoms with Crippen molar-refractivity contribution in [2.24, 2.45) is 5.92 Å². The van der Waals surface area contributed by atoms with Crippen LogP contribution in [0, 0.1) is 18.7 Å². The quantitative estimate of drug-likeness (QED) is 0.828. The molecule has 1 fully saturated rings. The minimum Gasteiger partial charge on any atom is -0.338 e. The maximum Gasteiger partial charge on any atom is 0.253 e. The number of hydrogen-bond donors (Lipinski definition) is 2. The lowest BCUT2D eigenvalue weighted by molar-refractivity contribution is -0.121. The fraction of sp³-hybridized carbons (Fsp3) is 0.318. The molecule has 1 unspecified atom stereocenters. The second-order valence-corrected chi connectivity index (χ2v) is 7.32. The number of halogens is 1. The predicted octanol–water partition coefficient (Wildman–Crippen LogP) is 3.58. The second-order valence-electron chi connectivity index (χ2n) is 7.32. The summed E-state index contributed by atoms with van der Waals surface area (Å²) in [6.45, 7) is 4.19. The van der Waals surface area contributed by atoms with Gasteiger partial charge in [-0.3, -0.25) is 14.4 Å². The van der Waals surface area contributed by atoms with Gasteiger partial charge in [0.25, 0.3) is 5.91 Å². The van der Waals surface area contributed by atoms with Gasteiger partial charge in [0.05, 0.1) is 11.6 Å². The van der Waals surface area contributed by atoms with Gasteiger partial charge in [-0.05, 0) is 50.1 Å². The zero-order valence-corrected chi connectivity index (χ0v) is 16.5. The van der Waals surface area contributed by atoms with Crippen LogP contribution in [0.25, 0.3) is 0 Å². The van der Waals surface area contributed by atoms with Crippen LogP contribution in [0.5, 0.6) is 0 Å². The lowest BCUT2D eigenvalue weighted by Crippen LogP contribution is -2.43. The first-order chi connectivity index (χ1) is 13.8. The summed E-state index contributed by atoms with van der Waals surface area (Å²) in [5.41, 5.74) is 2.09. The highest BCUT2D eigenvalue weighted by Gasteiger charge is 2.29. The lowest BCUT2D eigenvalue weighted by atomic mass is 9.96. The van der Waals surface area contributed by atoms with Crippen LogP contribution in [0.3, 0.4) is 0 Å². The third-order valence-electron chi connectivity index (χ3n) is 4.92. The van der Waals surface area contributed by atoms with E-state index in [1.165, 1.54) is 25.1 Å². The van der Waals surface area contributed by atoms with Crippen LogP contribution < -0.4 is 10.6 Å². The van der Waals surface area contributed by atoms with E-state index < -0.39 is 11.7 Å². The molecule has 3 rings (SSSR count). The van der Waals surface area contributed by atoms with Crippen molar-refractivity contribution in [1.82, 2.24) is 4.90 Å². The Morgan fingerprint density at radius 3 is 2.48 bits per heavy atom. The number of rotatable bonds is 4. The molecule has 0 aliphatic carbocycles. The molecule has 2 aromatic rings. The lowest BCUT2D eigenvalue weighted by Gasteiger charge is -2.32. The van der Waals surface area contributed by atoms with Crippen molar-refractivity contribution < 1.29 is 18.8 Å². The summed E-state index contributed by atoms with van der Waals surface area (Å²) >= 11 is 0. The number of anilines is 2. The number of hydrogen-bond acceptors (Lipinski definition) is 3. The number of nitrogens with zero attached hydrogens (tertiary/aromatic N) is 1. The zero-order valence-electron chi connectivity index (χ0n) is 16.5. The number of carbonyl (C=O) groups excluding carboxylic acids is 3. The molecule has 1 saturated heterocycles. The summed E-state index contributed by atoms with van der Waals surface area (Å²) in [6, 6.07) is 11.4. The van der Waals surface area contributed by atoms with Crippen molar-refractivity contribution in [3.05, 3.63) is 59.4 Å². The predicted molar refractivity (Wildman–Crippen MR) is 109 cm³/mol. The Bertz CT molecular complexity index is 927. The summed E-state index contributed by atoms with van der Waals surface area (Å²) in [5.74, 6) is -1.65. The number of carbonyl (C=O) groups is 3. The maximum absolute atomic E-state index is 13.8. The molecule has 1 atom stereocenters. The molecular formula is C22H24FN3O3. The highest BCUT2D eigenvalue weighted by atomic mass is 19.1. The number of nitrogens with one attached hydrogen (secondary N) is 2. The molecule has 2 aromatic carbocycles. The molecule has 1 aliphatic rings. The molecule has 0 radical (unpaired) electrons. The van der Waals surface area contributed by atoms with Gasteiger partial charge in [-0.2, -0.15) is 0 Å². The van der Waals surface area contributed by atoms with Gasteiger partial charge >= 0.3 is 0 Å². The first-order valence-corrected chi connectivity index (χ1v) is 9.57. The van der Waals surface area contributed by atoms with Crippen molar-refractivity contribution >= 4 is 29.1 Å². The van der Waals surface area contributed by atoms with E-state index in [0.29, 0.717) is 30.8 Å². The molecule has 0 spiro atoms. The standard InChI is InChI=1S/C22H24FN3O3/c1-14-5-7-16(8-6-14)22(29)26-11-3-4-17(13-26)21(28)25-18-9-10-19(23)20(12-18)24-15(2)27/h5-10,12,17H,3-4,11,13H2,1-2H3,(H,24,27)(H,25,28).